The van der Waals surface area contributed by atoms with Crippen molar-refractivity contribution >= 4 is 34.8 Å². The van der Waals surface area contributed by atoms with Crippen molar-refractivity contribution in [2.24, 2.45) is 0 Å². The summed E-state index contributed by atoms with van der Waals surface area (Å²) in [6, 6.07) is 4.73. The number of halogens is 1. The smallest absolute Gasteiger partial charge is 0.279 e. The van der Waals surface area contributed by atoms with Crippen LogP contribution in [0, 0.1) is 6.92 Å². The highest BCUT2D eigenvalue weighted by molar-refractivity contribution is 7.14. The molecule has 2 rings (SSSR count). The van der Waals surface area contributed by atoms with Crippen molar-refractivity contribution < 1.29 is 19.1 Å². The Morgan fingerprint density at radius 2 is 1.80 bits per heavy atom. The van der Waals surface area contributed by atoms with Crippen LogP contribution in [-0.4, -0.2) is 26.0 Å². The summed E-state index contributed by atoms with van der Waals surface area (Å²) < 4.78 is 10.3. The second kappa shape index (κ2) is 8.22. The lowest BCUT2D eigenvalue weighted by atomic mass is 10.2. The number of hydrazine groups is 1. The molecule has 1 aromatic carbocycles. The van der Waals surface area contributed by atoms with E-state index in [0.717, 1.165) is 16.9 Å². The predicted octanol–water partition coefficient (Wildman–Crippen LogP) is 3.36. The molecule has 6 nitrogen and oxygen atoms in total. The van der Waals surface area contributed by atoms with Crippen molar-refractivity contribution in [3.63, 3.8) is 0 Å². The first kappa shape index (κ1) is 19.1. The number of amides is 2. The van der Waals surface area contributed by atoms with Crippen LogP contribution in [0.25, 0.3) is 0 Å². The van der Waals surface area contributed by atoms with E-state index in [1.807, 2.05) is 13.8 Å². The number of hydrogen-bond acceptors (Lipinski definition) is 5. The fourth-order valence-corrected chi connectivity index (χ4v) is 3.58. The first-order valence-corrected chi connectivity index (χ1v) is 8.72. The van der Waals surface area contributed by atoms with Gasteiger partial charge in [0.05, 0.1) is 24.1 Å². The van der Waals surface area contributed by atoms with Gasteiger partial charge >= 0.3 is 0 Å². The molecule has 8 heteroatoms. The molecule has 0 unspecified atom stereocenters. The normalized spacial score (nSPS) is 10.3. The number of ether oxygens (including phenoxy) is 2. The molecule has 0 fully saturated rings. The Hall–Kier alpha value is -2.25. The van der Waals surface area contributed by atoms with Crippen molar-refractivity contribution in [3.8, 4) is 11.5 Å². The van der Waals surface area contributed by atoms with Gasteiger partial charge in [0.1, 0.15) is 0 Å². The number of thiophene rings is 1. The van der Waals surface area contributed by atoms with Crippen LogP contribution >= 0.6 is 22.9 Å². The van der Waals surface area contributed by atoms with Crippen LogP contribution in [0.5, 0.6) is 11.5 Å². The van der Waals surface area contributed by atoms with E-state index in [2.05, 4.69) is 10.9 Å². The minimum atomic E-state index is -0.514. The fourth-order valence-electron chi connectivity index (χ4n) is 2.28. The average Bonchev–Trinajstić information content (AvgIpc) is 2.99. The average molecular weight is 383 g/mol. The van der Waals surface area contributed by atoms with E-state index in [4.69, 9.17) is 21.1 Å². The molecule has 2 N–H and O–H groups in total. The van der Waals surface area contributed by atoms with Gasteiger partial charge in [0, 0.05) is 10.4 Å². The van der Waals surface area contributed by atoms with E-state index in [1.54, 1.807) is 6.07 Å². The van der Waals surface area contributed by atoms with Crippen LogP contribution in [0.2, 0.25) is 5.02 Å². The Kier molecular flexibility index (Phi) is 6.27. The summed E-state index contributed by atoms with van der Waals surface area (Å²) in [7, 11) is 2.90. The molecular formula is C17H19ClN2O4S. The van der Waals surface area contributed by atoms with E-state index >= 15 is 0 Å². The van der Waals surface area contributed by atoms with Gasteiger partial charge in [-0.1, -0.05) is 18.5 Å². The first-order chi connectivity index (χ1) is 11.9. The van der Waals surface area contributed by atoms with Gasteiger partial charge in [-0.15, -0.1) is 11.3 Å². The maximum Gasteiger partial charge on any atom is 0.279 e. The summed E-state index contributed by atoms with van der Waals surface area (Å²) >= 11 is 7.49. The molecular weight excluding hydrogens is 364 g/mol. The van der Waals surface area contributed by atoms with Crippen LogP contribution in [-0.2, 0) is 6.42 Å². The summed E-state index contributed by atoms with van der Waals surface area (Å²) in [6.07, 6.45) is 0.861. The zero-order chi connectivity index (χ0) is 18.6. The summed E-state index contributed by atoms with van der Waals surface area (Å²) in [5.41, 5.74) is 6.08. The molecule has 2 amide bonds. The van der Waals surface area contributed by atoms with E-state index in [9.17, 15) is 9.59 Å². The monoisotopic (exact) mass is 382 g/mol. The molecule has 134 valence electrons. The second-order valence-corrected chi connectivity index (χ2v) is 6.72. The Labute approximate surface area is 155 Å². The van der Waals surface area contributed by atoms with E-state index in [1.165, 1.54) is 37.7 Å². The Balaban J connectivity index is 2.09. The maximum atomic E-state index is 12.3. The van der Waals surface area contributed by atoms with Crippen LogP contribution in [0.4, 0.5) is 0 Å². The third-order valence-electron chi connectivity index (χ3n) is 3.55. The van der Waals surface area contributed by atoms with Crippen LogP contribution in [0.3, 0.4) is 0 Å². The highest BCUT2D eigenvalue weighted by atomic mass is 35.5. The summed E-state index contributed by atoms with van der Waals surface area (Å²) in [4.78, 5) is 26.1. The van der Waals surface area contributed by atoms with Gasteiger partial charge in [-0.3, -0.25) is 20.4 Å². The highest BCUT2D eigenvalue weighted by Crippen LogP contribution is 2.35. The number of benzene rings is 1. The molecule has 0 aliphatic carbocycles. The number of carbonyl (C=O) groups is 2. The van der Waals surface area contributed by atoms with Crippen LogP contribution in [0.1, 0.15) is 37.4 Å². The van der Waals surface area contributed by atoms with Gasteiger partial charge in [-0.05, 0) is 37.1 Å². The van der Waals surface area contributed by atoms with Crippen LogP contribution in [0.15, 0.2) is 18.2 Å². The zero-order valence-corrected chi connectivity index (χ0v) is 15.9. The topological polar surface area (TPSA) is 76.7 Å². The molecule has 1 heterocycles. The number of nitrogens with one attached hydrogen (secondary N) is 2. The second-order valence-electron chi connectivity index (χ2n) is 5.17. The van der Waals surface area contributed by atoms with Crippen LogP contribution < -0.4 is 20.3 Å². The molecule has 0 bridgehead atoms. The molecule has 0 radical (unpaired) electrons. The number of aryl methyl sites for hydroxylation is 2. The lowest BCUT2D eigenvalue weighted by Gasteiger charge is -2.12. The van der Waals surface area contributed by atoms with Gasteiger partial charge in [0.25, 0.3) is 11.8 Å². The van der Waals surface area contributed by atoms with Gasteiger partial charge in [0.2, 0.25) is 0 Å². The Morgan fingerprint density at radius 1 is 1.12 bits per heavy atom. The van der Waals surface area contributed by atoms with Gasteiger partial charge in [-0.2, -0.15) is 0 Å². The lowest BCUT2D eigenvalue weighted by molar-refractivity contribution is 0.0848. The van der Waals surface area contributed by atoms with Gasteiger partial charge in [-0.25, -0.2) is 0 Å². The number of hydrogen-bond donors (Lipinski definition) is 2. The fraction of sp³-hybridized carbons (Fsp3) is 0.294. The van der Waals surface area contributed by atoms with E-state index < -0.39 is 5.91 Å². The zero-order valence-electron chi connectivity index (χ0n) is 14.4. The SMILES string of the molecule is CCc1sc(C(=O)NNC(=O)c2cc(Cl)c(OC)c(OC)c2)cc1C. The third kappa shape index (κ3) is 4.24. The minimum Gasteiger partial charge on any atom is -0.493 e. The summed E-state index contributed by atoms with van der Waals surface area (Å²) in [5.74, 6) is -0.216. The van der Waals surface area contributed by atoms with Crippen molar-refractivity contribution in [2.45, 2.75) is 20.3 Å². The molecule has 0 saturated carbocycles. The quantitative estimate of drug-likeness (QED) is 0.777. The number of carbonyl (C=O) groups excluding carboxylic acids is 2. The van der Waals surface area contributed by atoms with Crippen molar-refractivity contribution in [3.05, 3.63) is 44.1 Å². The third-order valence-corrected chi connectivity index (χ3v) is 5.21. The first-order valence-electron chi connectivity index (χ1n) is 7.52. The van der Waals surface area contributed by atoms with Crippen molar-refractivity contribution in [1.82, 2.24) is 10.9 Å². The number of rotatable bonds is 5. The molecule has 25 heavy (non-hydrogen) atoms. The van der Waals surface area contributed by atoms with Crippen molar-refractivity contribution in [2.75, 3.05) is 14.2 Å². The summed E-state index contributed by atoms with van der Waals surface area (Å²) in [5, 5.41) is 0.236. The largest absolute Gasteiger partial charge is 0.493 e. The molecule has 1 aromatic heterocycles. The molecule has 0 aliphatic rings. The summed E-state index contributed by atoms with van der Waals surface area (Å²) in [6.45, 7) is 3.99. The molecule has 0 atom stereocenters. The predicted molar refractivity (Wildman–Crippen MR) is 97.9 cm³/mol. The molecule has 2 aromatic rings. The highest BCUT2D eigenvalue weighted by Gasteiger charge is 2.17. The van der Waals surface area contributed by atoms with E-state index in [-0.39, 0.29) is 16.5 Å². The maximum absolute atomic E-state index is 12.3. The number of methoxy groups -OCH3 is 2. The van der Waals surface area contributed by atoms with E-state index in [0.29, 0.717) is 16.4 Å². The molecule has 0 spiro atoms. The molecule has 0 saturated heterocycles. The lowest BCUT2D eigenvalue weighted by Crippen LogP contribution is -2.41. The van der Waals surface area contributed by atoms with Crippen molar-refractivity contribution in [1.29, 1.82) is 0 Å². The molecule has 0 aliphatic heterocycles. The Morgan fingerprint density at radius 3 is 2.36 bits per heavy atom. The standard InChI is InChI=1S/C17H19ClN2O4S/c1-5-13-9(2)6-14(25-13)17(22)20-19-16(21)10-7-11(18)15(24-4)12(8-10)23-3/h6-8H,5H2,1-4H3,(H,19,21)(H,20,22). The van der Waals surface area contributed by atoms with Gasteiger partial charge < -0.3 is 9.47 Å². The van der Waals surface area contributed by atoms with Gasteiger partial charge in [0.15, 0.2) is 11.5 Å². The minimum absolute atomic E-state index is 0.236. The Bertz CT molecular complexity index is 804.